The maximum atomic E-state index is 11.8. The lowest BCUT2D eigenvalue weighted by atomic mass is 9.98. The molecule has 0 bridgehead atoms. The summed E-state index contributed by atoms with van der Waals surface area (Å²) >= 11 is 0. The van der Waals surface area contributed by atoms with Gasteiger partial charge in [0.1, 0.15) is 0 Å². The molecule has 0 spiro atoms. The second-order valence-corrected chi connectivity index (χ2v) is 7.14. The van der Waals surface area contributed by atoms with Gasteiger partial charge in [0.2, 0.25) is 0 Å². The van der Waals surface area contributed by atoms with Crippen LogP contribution in [0, 0.1) is 0 Å². The molecule has 24 heavy (non-hydrogen) atoms. The van der Waals surface area contributed by atoms with Crippen molar-refractivity contribution in [3.63, 3.8) is 0 Å². The van der Waals surface area contributed by atoms with Crippen LogP contribution in [0.3, 0.4) is 0 Å². The Balaban J connectivity index is 2.08. The molecule has 0 saturated carbocycles. The fourth-order valence-electron chi connectivity index (χ4n) is 3.62. The van der Waals surface area contributed by atoms with E-state index in [4.69, 9.17) is 5.73 Å². The SMILES string of the molecule is CN(C)C[C@H](c1ccccc1)n1ncc2c1C(C)(C)N(C(N)=O)C2. The molecule has 6 heteroatoms. The van der Waals surface area contributed by atoms with Crippen molar-refractivity contribution < 1.29 is 4.79 Å². The Morgan fingerprint density at radius 2 is 2.00 bits per heavy atom. The van der Waals surface area contributed by atoms with Gasteiger partial charge >= 0.3 is 6.03 Å². The van der Waals surface area contributed by atoms with Gasteiger partial charge in [0.15, 0.2) is 0 Å². The number of fused-ring (bicyclic) bond motifs is 1. The number of nitrogens with two attached hydrogens (primary N) is 1. The quantitative estimate of drug-likeness (QED) is 0.936. The number of carbonyl (C=O) groups is 1. The Labute approximate surface area is 142 Å². The number of aromatic nitrogens is 2. The zero-order valence-corrected chi connectivity index (χ0v) is 14.7. The van der Waals surface area contributed by atoms with Crippen LogP contribution in [0.15, 0.2) is 36.5 Å². The minimum atomic E-state index is -0.475. The van der Waals surface area contributed by atoms with E-state index in [2.05, 4.69) is 40.9 Å². The first-order chi connectivity index (χ1) is 11.3. The number of carbonyl (C=O) groups excluding carboxylic acids is 1. The van der Waals surface area contributed by atoms with Gasteiger partial charge < -0.3 is 15.5 Å². The van der Waals surface area contributed by atoms with Gasteiger partial charge in [-0.15, -0.1) is 0 Å². The number of amides is 2. The van der Waals surface area contributed by atoms with E-state index < -0.39 is 11.6 Å². The van der Waals surface area contributed by atoms with E-state index in [0.717, 1.165) is 17.8 Å². The van der Waals surface area contributed by atoms with Crippen molar-refractivity contribution in [2.75, 3.05) is 20.6 Å². The van der Waals surface area contributed by atoms with Gasteiger partial charge in [-0.1, -0.05) is 30.3 Å². The first-order valence-corrected chi connectivity index (χ1v) is 8.16. The molecule has 0 radical (unpaired) electrons. The highest BCUT2D eigenvalue weighted by atomic mass is 16.2. The molecule has 0 fully saturated rings. The first kappa shape index (κ1) is 16.5. The number of primary amides is 1. The number of hydrogen-bond acceptors (Lipinski definition) is 3. The fourth-order valence-corrected chi connectivity index (χ4v) is 3.62. The molecule has 128 valence electrons. The van der Waals surface area contributed by atoms with Gasteiger partial charge in [-0.25, -0.2) is 4.79 Å². The first-order valence-electron chi connectivity index (χ1n) is 8.16. The standard InChI is InChI=1S/C18H25N5O/c1-18(2)16-14(11-22(18)17(19)24)10-20-23(16)15(12-21(3)4)13-8-6-5-7-9-13/h5-10,15H,11-12H2,1-4H3,(H2,19,24)/t15-/m1/s1. The fraction of sp³-hybridized carbons (Fsp3) is 0.444. The summed E-state index contributed by atoms with van der Waals surface area (Å²) in [5, 5.41) is 4.67. The molecular formula is C18H25N5O. The molecule has 2 aromatic rings. The molecule has 6 nitrogen and oxygen atoms in total. The van der Waals surface area contributed by atoms with Gasteiger partial charge in [0, 0.05) is 12.1 Å². The summed E-state index contributed by atoms with van der Waals surface area (Å²) in [5.74, 6) is 0. The van der Waals surface area contributed by atoms with Crippen LogP contribution >= 0.6 is 0 Å². The predicted molar refractivity (Wildman–Crippen MR) is 93.5 cm³/mol. The van der Waals surface area contributed by atoms with Crippen LogP contribution < -0.4 is 5.73 Å². The number of urea groups is 1. The van der Waals surface area contributed by atoms with Crippen LogP contribution in [0.1, 0.15) is 36.7 Å². The van der Waals surface area contributed by atoms with Crippen molar-refractivity contribution >= 4 is 6.03 Å². The molecule has 3 rings (SSSR count). The highest BCUT2D eigenvalue weighted by Crippen LogP contribution is 2.40. The highest BCUT2D eigenvalue weighted by Gasteiger charge is 2.44. The van der Waals surface area contributed by atoms with Crippen LogP contribution in [0.5, 0.6) is 0 Å². The average molecular weight is 327 g/mol. The van der Waals surface area contributed by atoms with Gasteiger partial charge in [0.25, 0.3) is 0 Å². The summed E-state index contributed by atoms with van der Waals surface area (Å²) in [6, 6.07) is 10.0. The molecule has 2 heterocycles. The van der Waals surface area contributed by atoms with Gasteiger partial charge in [-0.05, 0) is 33.5 Å². The van der Waals surface area contributed by atoms with E-state index in [1.54, 1.807) is 4.90 Å². The van der Waals surface area contributed by atoms with Crippen LogP contribution in [0.2, 0.25) is 0 Å². The van der Waals surface area contributed by atoms with Crippen LogP contribution in [-0.2, 0) is 12.1 Å². The lowest BCUT2D eigenvalue weighted by Crippen LogP contribution is -2.45. The number of benzene rings is 1. The predicted octanol–water partition coefficient (Wildman–Crippen LogP) is 2.16. The molecule has 0 saturated heterocycles. The second-order valence-electron chi connectivity index (χ2n) is 7.14. The van der Waals surface area contributed by atoms with Crippen molar-refractivity contribution in [1.29, 1.82) is 0 Å². The van der Waals surface area contributed by atoms with E-state index in [9.17, 15) is 4.79 Å². The third kappa shape index (κ3) is 2.67. The molecule has 1 aliphatic rings. The van der Waals surface area contributed by atoms with E-state index in [1.165, 1.54) is 5.56 Å². The third-order valence-electron chi connectivity index (χ3n) is 4.74. The average Bonchev–Trinajstić information content (AvgIpc) is 3.05. The molecule has 2 amide bonds. The Kier molecular flexibility index (Phi) is 4.09. The van der Waals surface area contributed by atoms with Crippen molar-refractivity contribution in [2.45, 2.75) is 32.0 Å². The minimum Gasteiger partial charge on any atom is -0.351 e. The number of rotatable bonds is 4. The molecule has 1 atom stereocenters. The molecule has 1 aromatic heterocycles. The van der Waals surface area contributed by atoms with E-state index >= 15 is 0 Å². The summed E-state index contributed by atoms with van der Waals surface area (Å²) in [5.41, 5.74) is 8.44. The van der Waals surface area contributed by atoms with Crippen LogP contribution in [0.4, 0.5) is 4.79 Å². The normalized spacial score (nSPS) is 17.1. The zero-order valence-electron chi connectivity index (χ0n) is 14.7. The minimum absolute atomic E-state index is 0.0806. The second kappa shape index (κ2) is 5.94. The van der Waals surface area contributed by atoms with Gasteiger partial charge in [0.05, 0.1) is 30.0 Å². The summed E-state index contributed by atoms with van der Waals surface area (Å²) in [7, 11) is 4.11. The summed E-state index contributed by atoms with van der Waals surface area (Å²) < 4.78 is 2.06. The van der Waals surface area contributed by atoms with E-state index in [0.29, 0.717) is 6.54 Å². The highest BCUT2D eigenvalue weighted by molar-refractivity contribution is 5.74. The van der Waals surface area contributed by atoms with Crippen LogP contribution in [-0.4, -0.2) is 46.3 Å². The van der Waals surface area contributed by atoms with Gasteiger partial charge in [-0.2, -0.15) is 5.10 Å². The molecular weight excluding hydrogens is 302 g/mol. The molecule has 1 aliphatic heterocycles. The van der Waals surface area contributed by atoms with Crippen LogP contribution in [0.25, 0.3) is 0 Å². The summed E-state index contributed by atoms with van der Waals surface area (Å²) in [6.07, 6.45) is 1.87. The Morgan fingerprint density at radius 3 is 2.58 bits per heavy atom. The largest absolute Gasteiger partial charge is 0.351 e. The van der Waals surface area contributed by atoms with E-state index in [-0.39, 0.29) is 6.04 Å². The zero-order chi connectivity index (χ0) is 17.5. The maximum Gasteiger partial charge on any atom is 0.315 e. The summed E-state index contributed by atoms with van der Waals surface area (Å²) in [6.45, 7) is 5.39. The molecule has 2 N–H and O–H groups in total. The van der Waals surface area contributed by atoms with Crippen molar-refractivity contribution in [3.8, 4) is 0 Å². The van der Waals surface area contributed by atoms with E-state index in [1.807, 2.05) is 38.2 Å². The lowest BCUT2D eigenvalue weighted by Gasteiger charge is -2.33. The van der Waals surface area contributed by atoms with Gasteiger partial charge in [-0.3, -0.25) is 4.68 Å². The Bertz CT molecular complexity index is 735. The smallest absolute Gasteiger partial charge is 0.315 e. The maximum absolute atomic E-state index is 11.8. The van der Waals surface area contributed by atoms with Crippen molar-refractivity contribution in [1.82, 2.24) is 19.6 Å². The molecule has 1 aromatic carbocycles. The topological polar surface area (TPSA) is 67.4 Å². The summed E-state index contributed by atoms with van der Waals surface area (Å²) in [4.78, 5) is 15.7. The molecule has 0 aliphatic carbocycles. The van der Waals surface area contributed by atoms with Crippen molar-refractivity contribution in [2.24, 2.45) is 5.73 Å². The third-order valence-corrected chi connectivity index (χ3v) is 4.74. The lowest BCUT2D eigenvalue weighted by molar-refractivity contribution is 0.146. The Hall–Kier alpha value is -2.34. The number of hydrogen-bond donors (Lipinski definition) is 1. The number of nitrogens with zero attached hydrogens (tertiary/aromatic N) is 4. The monoisotopic (exact) mass is 327 g/mol. The number of likely N-dealkylation sites (N-methyl/N-ethyl adjacent to an activating group) is 1. The Morgan fingerprint density at radius 1 is 1.33 bits per heavy atom. The molecule has 0 unspecified atom stereocenters. The van der Waals surface area contributed by atoms with Crippen molar-refractivity contribution in [3.05, 3.63) is 53.3 Å².